The Bertz CT molecular complexity index is 757. The predicted molar refractivity (Wildman–Crippen MR) is 75.0 cm³/mol. The van der Waals surface area contributed by atoms with Crippen molar-refractivity contribution < 1.29 is 22.3 Å². The van der Waals surface area contributed by atoms with Gasteiger partial charge in [-0.05, 0) is 36.4 Å². The first kappa shape index (κ1) is 15.0. The van der Waals surface area contributed by atoms with E-state index in [0.29, 0.717) is 0 Å². The summed E-state index contributed by atoms with van der Waals surface area (Å²) in [6, 6.07) is 10.7. The highest BCUT2D eigenvalue weighted by molar-refractivity contribution is 7.92. The third-order valence-corrected chi connectivity index (χ3v) is 4.10. The van der Waals surface area contributed by atoms with Crippen LogP contribution < -0.4 is 4.72 Å². The van der Waals surface area contributed by atoms with E-state index in [1.165, 1.54) is 49.6 Å². The Morgan fingerprint density at radius 2 is 1.71 bits per heavy atom. The van der Waals surface area contributed by atoms with E-state index in [2.05, 4.69) is 9.46 Å². The van der Waals surface area contributed by atoms with E-state index in [-0.39, 0.29) is 11.3 Å². The van der Waals surface area contributed by atoms with Gasteiger partial charge in [0.2, 0.25) is 0 Å². The molecule has 2 aromatic carbocycles. The SMILES string of the molecule is COC(=O)c1ccc(NS(=O)(=O)c2ccccc2F)cc1. The number of halogens is 1. The minimum absolute atomic E-state index is 0.214. The van der Waals surface area contributed by atoms with E-state index < -0.39 is 26.7 Å². The Labute approximate surface area is 121 Å². The summed E-state index contributed by atoms with van der Waals surface area (Å²) in [4.78, 5) is 10.8. The predicted octanol–water partition coefficient (Wildman–Crippen LogP) is 2.41. The number of ether oxygens (including phenoxy) is 1. The van der Waals surface area contributed by atoms with Crippen molar-refractivity contribution in [1.29, 1.82) is 0 Å². The summed E-state index contributed by atoms with van der Waals surface area (Å²) in [7, 11) is -2.78. The van der Waals surface area contributed by atoms with Crippen LogP contribution in [0.4, 0.5) is 10.1 Å². The van der Waals surface area contributed by atoms with Crippen molar-refractivity contribution in [1.82, 2.24) is 0 Å². The number of carbonyl (C=O) groups excluding carboxylic acids is 1. The van der Waals surface area contributed by atoms with Crippen molar-refractivity contribution in [2.24, 2.45) is 0 Å². The standard InChI is InChI=1S/C14H12FNO4S/c1-20-14(17)10-6-8-11(9-7-10)16-21(18,19)13-5-3-2-4-12(13)15/h2-9,16H,1H3. The average molecular weight is 309 g/mol. The number of methoxy groups -OCH3 is 1. The molecule has 0 saturated heterocycles. The van der Waals surface area contributed by atoms with Crippen LogP contribution >= 0.6 is 0 Å². The molecule has 110 valence electrons. The molecule has 0 aliphatic rings. The Kier molecular flexibility index (Phi) is 4.23. The Balaban J connectivity index is 2.25. The number of anilines is 1. The molecule has 0 saturated carbocycles. The maximum Gasteiger partial charge on any atom is 0.337 e. The van der Waals surface area contributed by atoms with Crippen LogP contribution in [0.3, 0.4) is 0 Å². The molecule has 2 aromatic rings. The molecular formula is C14H12FNO4S. The zero-order chi connectivity index (χ0) is 15.5. The Morgan fingerprint density at radius 1 is 1.10 bits per heavy atom. The van der Waals surface area contributed by atoms with Gasteiger partial charge in [-0.25, -0.2) is 17.6 Å². The number of esters is 1. The van der Waals surface area contributed by atoms with Crippen LogP contribution in [0.2, 0.25) is 0 Å². The van der Waals surface area contributed by atoms with Gasteiger partial charge in [-0.2, -0.15) is 0 Å². The molecule has 0 aromatic heterocycles. The van der Waals surface area contributed by atoms with Crippen molar-refractivity contribution in [3.63, 3.8) is 0 Å². The van der Waals surface area contributed by atoms with Crippen LogP contribution in [-0.4, -0.2) is 21.5 Å². The Hall–Kier alpha value is -2.41. The minimum atomic E-state index is -4.02. The van der Waals surface area contributed by atoms with Crippen LogP contribution in [0.15, 0.2) is 53.4 Å². The molecule has 0 aliphatic heterocycles. The summed E-state index contributed by atoms with van der Waals surface area (Å²) >= 11 is 0. The molecule has 2 rings (SSSR count). The van der Waals surface area contributed by atoms with E-state index in [1.807, 2.05) is 0 Å². The number of benzene rings is 2. The summed E-state index contributed by atoms with van der Waals surface area (Å²) in [6.07, 6.45) is 0. The number of sulfonamides is 1. The summed E-state index contributed by atoms with van der Waals surface area (Å²) in [5.74, 6) is -1.37. The first-order chi connectivity index (χ1) is 9.94. The summed E-state index contributed by atoms with van der Waals surface area (Å²) in [6.45, 7) is 0. The van der Waals surface area contributed by atoms with Gasteiger partial charge in [0, 0.05) is 5.69 Å². The van der Waals surface area contributed by atoms with Gasteiger partial charge >= 0.3 is 5.97 Å². The van der Waals surface area contributed by atoms with Crippen LogP contribution in [0.1, 0.15) is 10.4 Å². The normalized spacial score (nSPS) is 11.0. The lowest BCUT2D eigenvalue weighted by atomic mass is 10.2. The van der Waals surface area contributed by atoms with Crippen LogP contribution in [-0.2, 0) is 14.8 Å². The van der Waals surface area contributed by atoms with Gasteiger partial charge in [-0.15, -0.1) is 0 Å². The lowest BCUT2D eigenvalue weighted by Crippen LogP contribution is -2.14. The molecule has 0 aliphatic carbocycles. The number of hydrogen-bond acceptors (Lipinski definition) is 4. The van der Waals surface area contributed by atoms with Gasteiger partial charge in [0.05, 0.1) is 12.7 Å². The topological polar surface area (TPSA) is 72.5 Å². The molecular weight excluding hydrogens is 297 g/mol. The fourth-order valence-electron chi connectivity index (χ4n) is 1.67. The molecule has 0 unspecified atom stereocenters. The zero-order valence-corrected chi connectivity index (χ0v) is 11.9. The third-order valence-electron chi connectivity index (χ3n) is 2.68. The summed E-state index contributed by atoms with van der Waals surface area (Å²) in [5, 5.41) is 0. The molecule has 1 N–H and O–H groups in total. The van der Waals surface area contributed by atoms with Crippen molar-refractivity contribution in [2.45, 2.75) is 4.90 Å². The second-order valence-electron chi connectivity index (χ2n) is 4.10. The highest BCUT2D eigenvalue weighted by Crippen LogP contribution is 2.19. The molecule has 7 heteroatoms. The second-order valence-corrected chi connectivity index (χ2v) is 5.76. The van der Waals surface area contributed by atoms with E-state index in [4.69, 9.17) is 0 Å². The van der Waals surface area contributed by atoms with E-state index >= 15 is 0 Å². The summed E-state index contributed by atoms with van der Waals surface area (Å²) < 4.78 is 44.4. The Morgan fingerprint density at radius 3 is 2.29 bits per heavy atom. The molecule has 0 spiro atoms. The molecule has 0 bridgehead atoms. The maximum atomic E-state index is 13.5. The third kappa shape index (κ3) is 3.38. The highest BCUT2D eigenvalue weighted by Gasteiger charge is 2.18. The maximum absolute atomic E-state index is 13.5. The van der Waals surface area contributed by atoms with Gasteiger partial charge in [0.15, 0.2) is 0 Å². The van der Waals surface area contributed by atoms with Crippen molar-refractivity contribution in [2.75, 3.05) is 11.8 Å². The fraction of sp³-hybridized carbons (Fsp3) is 0.0714. The van der Waals surface area contributed by atoms with E-state index in [1.54, 1.807) is 0 Å². The van der Waals surface area contributed by atoms with Crippen LogP contribution in [0.25, 0.3) is 0 Å². The van der Waals surface area contributed by atoms with E-state index in [9.17, 15) is 17.6 Å². The van der Waals surface area contributed by atoms with Gasteiger partial charge in [-0.1, -0.05) is 12.1 Å². The first-order valence-corrected chi connectivity index (χ1v) is 7.38. The lowest BCUT2D eigenvalue weighted by molar-refractivity contribution is 0.0601. The average Bonchev–Trinajstić information content (AvgIpc) is 2.47. The van der Waals surface area contributed by atoms with Crippen LogP contribution in [0.5, 0.6) is 0 Å². The number of carbonyl (C=O) groups is 1. The minimum Gasteiger partial charge on any atom is -0.465 e. The molecule has 0 radical (unpaired) electrons. The van der Waals surface area contributed by atoms with Gasteiger partial charge in [0.25, 0.3) is 10.0 Å². The van der Waals surface area contributed by atoms with Crippen molar-refractivity contribution in [3.8, 4) is 0 Å². The van der Waals surface area contributed by atoms with Gasteiger partial charge in [0.1, 0.15) is 10.7 Å². The molecule has 0 heterocycles. The molecule has 5 nitrogen and oxygen atoms in total. The van der Waals surface area contributed by atoms with Crippen LogP contribution in [0, 0.1) is 5.82 Å². The molecule has 0 amide bonds. The second kappa shape index (κ2) is 5.92. The first-order valence-electron chi connectivity index (χ1n) is 5.90. The largest absolute Gasteiger partial charge is 0.465 e. The number of nitrogens with one attached hydrogen (secondary N) is 1. The molecule has 0 atom stereocenters. The lowest BCUT2D eigenvalue weighted by Gasteiger charge is -2.09. The van der Waals surface area contributed by atoms with Gasteiger partial charge < -0.3 is 4.74 Å². The quantitative estimate of drug-likeness (QED) is 0.880. The molecule has 21 heavy (non-hydrogen) atoms. The van der Waals surface area contributed by atoms with Crippen molar-refractivity contribution >= 4 is 21.7 Å². The molecule has 0 fully saturated rings. The van der Waals surface area contributed by atoms with Crippen molar-refractivity contribution in [3.05, 3.63) is 59.9 Å². The zero-order valence-electron chi connectivity index (χ0n) is 11.0. The monoisotopic (exact) mass is 309 g/mol. The fourth-order valence-corrected chi connectivity index (χ4v) is 2.80. The smallest absolute Gasteiger partial charge is 0.337 e. The number of hydrogen-bond donors (Lipinski definition) is 1. The highest BCUT2D eigenvalue weighted by atomic mass is 32.2. The van der Waals surface area contributed by atoms with E-state index in [0.717, 1.165) is 6.07 Å². The summed E-state index contributed by atoms with van der Waals surface area (Å²) in [5.41, 5.74) is 0.497. The number of rotatable bonds is 4. The van der Waals surface area contributed by atoms with Gasteiger partial charge in [-0.3, -0.25) is 4.72 Å².